The summed E-state index contributed by atoms with van der Waals surface area (Å²) in [6.45, 7) is 5.98. The number of aromatic nitrogens is 2. The first-order chi connectivity index (χ1) is 8.56. The molecule has 0 saturated carbocycles. The van der Waals surface area contributed by atoms with Crippen LogP contribution in [-0.4, -0.2) is 10.2 Å². The molecule has 0 spiro atoms. The average molecular weight is 241 g/mol. The zero-order valence-electron chi connectivity index (χ0n) is 11.1. The molecule has 1 atom stereocenters. The first kappa shape index (κ1) is 12.7. The SMILES string of the molecule is Cc1ccc(CC(N)c2cc(C)nnc2C)cc1. The number of rotatable bonds is 3. The van der Waals surface area contributed by atoms with Crippen LogP contribution < -0.4 is 5.73 Å². The highest BCUT2D eigenvalue weighted by atomic mass is 15.1. The smallest absolute Gasteiger partial charge is 0.0648 e. The van der Waals surface area contributed by atoms with E-state index in [2.05, 4.69) is 41.4 Å². The summed E-state index contributed by atoms with van der Waals surface area (Å²) in [6.07, 6.45) is 0.826. The zero-order valence-corrected chi connectivity index (χ0v) is 11.1. The van der Waals surface area contributed by atoms with Crippen molar-refractivity contribution in [3.63, 3.8) is 0 Å². The summed E-state index contributed by atoms with van der Waals surface area (Å²) in [5.41, 5.74) is 11.7. The van der Waals surface area contributed by atoms with Crippen LogP contribution in [0.25, 0.3) is 0 Å². The van der Waals surface area contributed by atoms with Gasteiger partial charge in [-0.15, -0.1) is 0 Å². The molecule has 2 aromatic rings. The van der Waals surface area contributed by atoms with E-state index < -0.39 is 0 Å². The maximum atomic E-state index is 6.27. The van der Waals surface area contributed by atoms with Crippen LogP contribution in [0.1, 0.15) is 34.1 Å². The third kappa shape index (κ3) is 2.93. The third-order valence-corrected chi connectivity index (χ3v) is 3.12. The molecule has 3 nitrogen and oxygen atoms in total. The highest BCUT2D eigenvalue weighted by Gasteiger charge is 2.11. The summed E-state index contributed by atoms with van der Waals surface area (Å²) in [6, 6.07) is 10.5. The Kier molecular flexibility index (Phi) is 3.72. The molecule has 3 heteroatoms. The summed E-state index contributed by atoms with van der Waals surface area (Å²) in [7, 11) is 0. The van der Waals surface area contributed by atoms with Gasteiger partial charge in [0.05, 0.1) is 11.4 Å². The van der Waals surface area contributed by atoms with E-state index in [0.29, 0.717) is 0 Å². The minimum Gasteiger partial charge on any atom is -0.324 e. The zero-order chi connectivity index (χ0) is 13.1. The number of benzene rings is 1. The van der Waals surface area contributed by atoms with Gasteiger partial charge in [-0.25, -0.2) is 0 Å². The summed E-state index contributed by atoms with van der Waals surface area (Å²) in [5.74, 6) is 0. The normalized spacial score (nSPS) is 12.4. The third-order valence-electron chi connectivity index (χ3n) is 3.12. The number of aryl methyl sites for hydroxylation is 3. The molecule has 2 N–H and O–H groups in total. The van der Waals surface area contributed by atoms with Gasteiger partial charge in [0.1, 0.15) is 0 Å². The number of nitrogens with two attached hydrogens (primary N) is 1. The number of hydrogen-bond donors (Lipinski definition) is 1. The molecule has 1 unspecified atom stereocenters. The Morgan fingerprint density at radius 3 is 2.39 bits per heavy atom. The van der Waals surface area contributed by atoms with Crippen molar-refractivity contribution < 1.29 is 0 Å². The van der Waals surface area contributed by atoms with E-state index in [0.717, 1.165) is 23.4 Å². The summed E-state index contributed by atoms with van der Waals surface area (Å²) >= 11 is 0. The molecule has 18 heavy (non-hydrogen) atoms. The maximum Gasteiger partial charge on any atom is 0.0648 e. The summed E-state index contributed by atoms with van der Waals surface area (Å²) in [4.78, 5) is 0. The molecule has 0 saturated heterocycles. The number of nitrogens with zero attached hydrogens (tertiary/aromatic N) is 2. The second-order valence-electron chi connectivity index (χ2n) is 4.82. The molecule has 0 amide bonds. The van der Waals surface area contributed by atoms with Gasteiger partial charge in [-0.3, -0.25) is 0 Å². The van der Waals surface area contributed by atoms with E-state index in [4.69, 9.17) is 5.73 Å². The fourth-order valence-corrected chi connectivity index (χ4v) is 2.03. The molecule has 0 radical (unpaired) electrons. The largest absolute Gasteiger partial charge is 0.324 e. The lowest BCUT2D eigenvalue weighted by molar-refractivity contribution is 0.700. The van der Waals surface area contributed by atoms with E-state index in [1.54, 1.807) is 0 Å². The lowest BCUT2D eigenvalue weighted by Gasteiger charge is -2.14. The molecule has 1 heterocycles. The Morgan fingerprint density at radius 2 is 1.72 bits per heavy atom. The molecule has 94 valence electrons. The lowest BCUT2D eigenvalue weighted by Crippen LogP contribution is -2.16. The Morgan fingerprint density at radius 1 is 1.06 bits per heavy atom. The van der Waals surface area contributed by atoms with Crippen LogP contribution in [0.5, 0.6) is 0 Å². The van der Waals surface area contributed by atoms with Gasteiger partial charge in [-0.1, -0.05) is 29.8 Å². The Hall–Kier alpha value is -1.74. The summed E-state index contributed by atoms with van der Waals surface area (Å²) in [5, 5.41) is 8.16. The van der Waals surface area contributed by atoms with E-state index >= 15 is 0 Å². The Labute approximate surface area is 108 Å². The lowest BCUT2D eigenvalue weighted by atomic mass is 9.98. The van der Waals surface area contributed by atoms with Gasteiger partial charge >= 0.3 is 0 Å². The van der Waals surface area contributed by atoms with Gasteiger partial charge < -0.3 is 5.73 Å². The minimum absolute atomic E-state index is 0.0260. The second-order valence-corrected chi connectivity index (χ2v) is 4.82. The molecule has 0 aliphatic heterocycles. The molecule has 0 fully saturated rings. The van der Waals surface area contributed by atoms with Crippen LogP contribution in [0.15, 0.2) is 30.3 Å². The molecule has 0 bridgehead atoms. The molecule has 0 aliphatic carbocycles. The molecular formula is C15H19N3. The van der Waals surface area contributed by atoms with Crippen molar-refractivity contribution in [3.8, 4) is 0 Å². The molecule has 1 aromatic heterocycles. The van der Waals surface area contributed by atoms with Gasteiger partial charge in [0.2, 0.25) is 0 Å². The Balaban J connectivity index is 2.18. The average Bonchev–Trinajstić information content (AvgIpc) is 2.35. The van der Waals surface area contributed by atoms with Crippen LogP contribution in [0.4, 0.5) is 0 Å². The van der Waals surface area contributed by atoms with Gasteiger partial charge in [0.15, 0.2) is 0 Å². The van der Waals surface area contributed by atoms with Crippen molar-refractivity contribution in [3.05, 3.63) is 58.4 Å². The molecule has 1 aromatic carbocycles. The van der Waals surface area contributed by atoms with E-state index in [1.807, 2.05) is 19.9 Å². The fraction of sp³-hybridized carbons (Fsp3) is 0.333. The van der Waals surface area contributed by atoms with Crippen molar-refractivity contribution >= 4 is 0 Å². The highest BCUT2D eigenvalue weighted by Crippen LogP contribution is 2.18. The van der Waals surface area contributed by atoms with Crippen molar-refractivity contribution in [2.24, 2.45) is 5.73 Å². The molecule has 0 aliphatic rings. The minimum atomic E-state index is -0.0260. The van der Waals surface area contributed by atoms with Crippen LogP contribution in [0.3, 0.4) is 0 Å². The van der Waals surface area contributed by atoms with Gasteiger partial charge in [-0.2, -0.15) is 10.2 Å². The van der Waals surface area contributed by atoms with E-state index in [-0.39, 0.29) is 6.04 Å². The van der Waals surface area contributed by atoms with Crippen molar-refractivity contribution in [2.45, 2.75) is 33.2 Å². The van der Waals surface area contributed by atoms with Crippen LogP contribution >= 0.6 is 0 Å². The topological polar surface area (TPSA) is 51.8 Å². The van der Waals surface area contributed by atoms with E-state index in [9.17, 15) is 0 Å². The van der Waals surface area contributed by atoms with Gasteiger partial charge in [-0.05, 0) is 44.4 Å². The first-order valence-electron chi connectivity index (χ1n) is 6.18. The Bertz CT molecular complexity index is 532. The molecule has 2 rings (SSSR count). The second kappa shape index (κ2) is 5.27. The standard InChI is InChI=1S/C15H19N3/c1-10-4-6-13(7-5-10)9-15(16)14-8-11(2)17-18-12(14)3/h4-8,15H,9,16H2,1-3H3. The maximum absolute atomic E-state index is 6.27. The predicted molar refractivity (Wildman–Crippen MR) is 73.3 cm³/mol. The number of hydrogen-bond acceptors (Lipinski definition) is 3. The van der Waals surface area contributed by atoms with Crippen LogP contribution in [0, 0.1) is 20.8 Å². The van der Waals surface area contributed by atoms with Crippen LogP contribution in [0.2, 0.25) is 0 Å². The monoisotopic (exact) mass is 241 g/mol. The van der Waals surface area contributed by atoms with Crippen LogP contribution in [-0.2, 0) is 6.42 Å². The fourth-order valence-electron chi connectivity index (χ4n) is 2.03. The quantitative estimate of drug-likeness (QED) is 0.898. The van der Waals surface area contributed by atoms with Gasteiger partial charge in [0.25, 0.3) is 0 Å². The van der Waals surface area contributed by atoms with E-state index in [1.165, 1.54) is 11.1 Å². The molecular weight excluding hydrogens is 222 g/mol. The predicted octanol–water partition coefficient (Wildman–Crippen LogP) is 2.64. The van der Waals surface area contributed by atoms with Crippen molar-refractivity contribution in [2.75, 3.05) is 0 Å². The van der Waals surface area contributed by atoms with Crippen molar-refractivity contribution in [1.82, 2.24) is 10.2 Å². The first-order valence-corrected chi connectivity index (χ1v) is 6.18. The summed E-state index contributed by atoms with van der Waals surface area (Å²) < 4.78 is 0. The van der Waals surface area contributed by atoms with Crippen molar-refractivity contribution in [1.29, 1.82) is 0 Å². The highest BCUT2D eigenvalue weighted by molar-refractivity contribution is 5.27. The van der Waals surface area contributed by atoms with Gasteiger partial charge in [0, 0.05) is 6.04 Å².